The van der Waals surface area contributed by atoms with Gasteiger partial charge in [-0.1, -0.05) is 43.3 Å². The van der Waals surface area contributed by atoms with Crippen LogP contribution in [-0.2, 0) is 17.6 Å². The molecule has 1 N–H and O–H groups in total. The lowest BCUT2D eigenvalue weighted by Gasteiger charge is -2.22. The number of hydrogen-bond donors (Lipinski definition) is 1. The maximum absolute atomic E-state index is 13.0. The Labute approximate surface area is 215 Å². The second-order valence-electron chi connectivity index (χ2n) is 9.80. The van der Waals surface area contributed by atoms with Gasteiger partial charge in [0, 0.05) is 32.1 Å². The number of rotatable bonds is 7. The van der Waals surface area contributed by atoms with E-state index in [2.05, 4.69) is 82.7 Å². The van der Waals surface area contributed by atoms with Crippen molar-refractivity contribution in [2.24, 2.45) is 11.8 Å². The molecule has 3 aromatic rings. The molecule has 5 rings (SSSR count). The molecule has 2 aromatic heterocycles. The molecule has 0 fully saturated rings. The molecule has 1 atom stereocenters. The minimum atomic E-state index is 0.0669. The fraction of sp³-hybridized carbons (Fsp3) is 0.393. The maximum atomic E-state index is 13.0. The van der Waals surface area contributed by atoms with E-state index in [0.717, 1.165) is 53.9 Å². The lowest BCUT2D eigenvalue weighted by Crippen LogP contribution is -2.34. The molecule has 0 bridgehead atoms. The van der Waals surface area contributed by atoms with Gasteiger partial charge in [0.2, 0.25) is 5.91 Å². The minimum Gasteiger partial charge on any atom is -0.370 e. The van der Waals surface area contributed by atoms with Crippen LogP contribution in [-0.4, -0.2) is 45.5 Å². The molecule has 6 nitrogen and oxygen atoms in total. The lowest BCUT2D eigenvalue weighted by molar-refractivity contribution is -0.133. The van der Waals surface area contributed by atoms with Crippen LogP contribution < -0.4 is 5.32 Å². The Hall–Kier alpha value is -2.93. The topological polar surface area (TPSA) is 62.5 Å². The molecule has 2 aliphatic rings. The largest absolute Gasteiger partial charge is 0.370 e. The normalized spacial score (nSPS) is 17.8. The van der Waals surface area contributed by atoms with Crippen molar-refractivity contribution in [3.8, 4) is 0 Å². The standard InChI is InChI=1S/C28H32BrN5O/c1-18-8-6-9-19(2)26(18)24-16-25(34-27(32-24)23(29)17-31-34)30-12-7-13-33(3)28(35)22-14-20-10-4-5-11-21(20)15-22/h4-6,8,10-11,16-17,19,22,30H,7,9,12-15H2,1-3H3/t19-/m1/s1. The molecule has 0 saturated heterocycles. The fourth-order valence-corrected chi connectivity index (χ4v) is 5.74. The van der Waals surface area contributed by atoms with Crippen molar-refractivity contribution in [2.45, 2.75) is 39.5 Å². The van der Waals surface area contributed by atoms with Gasteiger partial charge in [-0.3, -0.25) is 4.79 Å². The van der Waals surface area contributed by atoms with E-state index in [9.17, 15) is 4.79 Å². The van der Waals surface area contributed by atoms with Gasteiger partial charge in [0.1, 0.15) is 5.82 Å². The summed E-state index contributed by atoms with van der Waals surface area (Å²) in [4.78, 5) is 19.8. The van der Waals surface area contributed by atoms with Crippen LogP contribution in [0.2, 0.25) is 0 Å². The van der Waals surface area contributed by atoms with Gasteiger partial charge >= 0.3 is 0 Å². The molecule has 182 valence electrons. The number of carbonyl (C=O) groups is 1. The Morgan fingerprint density at radius 2 is 2.00 bits per heavy atom. The zero-order chi connectivity index (χ0) is 24.5. The number of fused-ring (bicyclic) bond motifs is 2. The van der Waals surface area contributed by atoms with Crippen LogP contribution in [0.1, 0.15) is 43.5 Å². The van der Waals surface area contributed by atoms with E-state index in [0.29, 0.717) is 12.5 Å². The molecule has 2 heterocycles. The molecule has 35 heavy (non-hydrogen) atoms. The number of benzene rings is 1. The number of hydrogen-bond acceptors (Lipinski definition) is 4. The molecule has 1 aromatic carbocycles. The van der Waals surface area contributed by atoms with Crippen molar-refractivity contribution >= 4 is 38.9 Å². The van der Waals surface area contributed by atoms with Gasteiger partial charge in [0.15, 0.2) is 5.65 Å². The number of carbonyl (C=O) groups excluding carboxylic acids is 1. The maximum Gasteiger partial charge on any atom is 0.226 e. The molecule has 0 aliphatic heterocycles. The van der Waals surface area contributed by atoms with Gasteiger partial charge in [0.05, 0.1) is 16.4 Å². The number of allylic oxidation sites excluding steroid dienone is 4. The fourth-order valence-electron chi connectivity index (χ4n) is 5.39. The minimum absolute atomic E-state index is 0.0669. The van der Waals surface area contributed by atoms with E-state index in [-0.39, 0.29) is 11.8 Å². The number of aromatic nitrogens is 3. The van der Waals surface area contributed by atoms with E-state index in [4.69, 9.17) is 4.98 Å². The third kappa shape index (κ3) is 4.79. The highest BCUT2D eigenvalue weighted by Crippen LogP contribution is 2.34. The Kier molecular flexibility index (Phi) is 6.78. The van der Waals surface area contributed by atoms with Crippen LogP contribution in [0.25, 0.3) is 11.2 Å². The first-order valence-electron chi connectivity index (χ1n) is 12.4. The quantitative estimate of drug-likeness (QED) is 0.405. The highest BCUT2D eigenvalue weighted by Gasteiger charge is 2.29. The molecule has 1 amide bonds. The first-order chi connectivity index (χ1) is 16.9. The van der Waals surface area contributed by atoms with Crippen molar-refractivity contribution < 1.29 is 4.79 Å². The predicted octanol–water partition coefficient (Wildman–Crippen LogP) is 5.54. The SMILES string of the molecule is CC1=C(c2cc(NCCCN(C)C(=O)C3Cc4ccccc4C3)n3ncc(Br)c3n2)[C@H](C)CC=C1. The Morgan fingerprint density at radius 1 is 1.26 bits per heavy atom. The number of anilines is 1. The second-order valence-corrected chi connectivity index (χ2v) is 10.7. The molecular formula is C28H32BrN5O. The smallest absolute Gasteiger partial charge is 0.226 e. The van der Waals surface area contributed by atoms with Gasteiger partial charge in [-0.15, -0.1) is 0 Å². The number of halogens is 1. The molecule has 2 aliphatic carbocycles. The highest BCUT2D eigenvalue weighted by molar-refractivity contribution is 9.10. The van der Waals surface area contributed by atoms with Gasteiger partial charge in [-0.05, 0) is 76.7 Å². The van der Waals surface area contributed by atoms with Crippen LogP contribution in [0.4, 0.5) is 5.82 Å². The van der Waals surface area contributed by atoms with Gasteiger partial charge in [0.25, 0.3) is 0 Å². The van der Waals surface area contributed by atoms with Crippen molar-refractivity contribution in [3.05, 3.63) is 75.5 Å². The third-order valence-electron chi connectivity index (χ3n) is 7.23. The monoisotopic (exact) mass is 533 g/mol. The second kappa shape index (κ2) is 9.97. The summed E-state index contributed by atoms with van der Waals surface area (Å²) in [6, 6.07) is 10.5. The van der Waals surface area contributed by atoms with Crippen molar-refractivity contribution in [3.63, 3.8) is 0 Å². The number of nitrogens with one attached hydrogen (secondary N) is 1. The van der Waals surface area contributed by atoms with Crippen LogP contribution in [0.5, 0.6) is 0 Å². The van der Waals surface area contributed by atoms with Crippen molar-refractivity contribution in [1.82, 2.24) is 19.5 Å². The summed E-state index contributed by atoms with van der Waals surface area (Å²) in [5, 5.41) is 8.06. The lowest BCUT2D eigenvalue weighted by atomic mass is 9.87. The highest BCUT2D eigenvalue weighted by atomic mass is 79.9. The average molecular weight is 535 g/mol. The van der Waals surface area contributed by atoms with Crippen molar-refractivity contribution in [1.29, 1.82) is 0 Å². The molecule has 0 saturated carbocycles. The zero-order valence-electron chi connectivity index (χ0n) is 20.6. The van der Waals surface area contributed by atoms with E-state index >= 15 is 0 Å². The average Bonchev–Trinajstić information content (AvgIpc) is 3.45. The molecule has 0 unspecified atom stereocenters. The van der Waals surface area contributed by atoms with Crippen LogP contribution >= 0.6 is 15.9 Å². The molecular weight excluding hydrogens is 502 g/mol. The van der Waals surface area contributed by atoms with Gasteiger partial charge in [-0.25, -0.2) is 4.98 Å². The third-order valence-corrected chi connectivity index (χ3v) is 7.79. The summed E-state index contributed by atoms with van der Waals surface area (Å²) < 4.78 is 2.72. The Balaban J connectivity index is 1.24. The van der Waals surface area contributed by atoms with E-state index in [1.807, 2.05) is 16.5 Å². The summed E-state index contributed by atoms with van der Waals surface area (Å²) in [5.41, 5.74) is 6.98. The zero-order valence-corrected chi connectivity index (χ0v) is 22.2. The first-order valence-corrected chi connectivity index (χ1v) is 13.2. The van der Waals surface area contributed by atoms with Gasteiger partial charge in [-0.2, -0.15) is 9.61 Å². The summed E-state index contributed by atoms with van der Waals surface area (Å²) in [6.07, 6.45) is 9.79. The van der Waals surface area contributed by atoms with Crippen molar-refractivity contribution in [2.75, 3.05) is 25.5 Å². The van der Waals surface area contributed by atoms with Crippen LogP contribution in [0.15, 0.2) is 58.7 Å². The van der Waals surface area contributed by atoms with Crippen LogP contribution in [0, 0.1) is 11.8 Å². The summed E-state index contributed by atoms with van der Waals surface area (Å²) in [6.45, 7) is 5.87. The molecule has 0 spiro atoms. The summed E-state index contributed by atoms with van der Waals surface area (Å²) in [7, 11) is 1.92. The Morgan fingerprint density at radius 3 is 2.71 bits per heavy atom. The predicted molar refractivity (Wildman–Crippen MR) is 144 cm³/mol. The van der Waals surface area contributed by atoms with E-state index < -0.39 is 0 Å². The van der Waals surface area contributed by atoms with E-state index in [1.54, 1.807) is 6.20 Å². The summed E-state index contributed by atoms with van der Waals surface area (Å²) in [5.74, 6) is 1.65. The van der Waals surface area contributed by atoms with Gasteiger partial charge < -0.3 is 10.2 Å². The molecule has 0 radical (unpaired) electrons. The summed E-state index contributed by atoms with van der Waals surface area (Å²) >= 11 is 3.60. The number of nitrogens with zero attached hydrogens (tertiary/aromatic N) is 4. The first kappa shape index (κ1) is 23.8. The number of amides is 1. The Bertz CT molecular complexity index is 1300. The van der Waals surface area contributed by atoms with Crippen LogP contribution in [0.3, 0.4) is 0 Å². The van der Waals surface area contributed by atoms with E-state index in [1.165, 1.54) is 22.3 Å². The molecule has 7 heteroatoms.